The Morgan fingerprint density at radius 1 is 1.27 bits per heavy atom. The molecule has 0 unspecified atom stereocenters. The van der Waals surface area contributed by atoms with Crippen molar-refractivity contribution in [2.24, 2.45) is 5.92 Å². The van der Waals surface area contributed by atoms with Crippen LogP contribution in [0.5, 0.6) is 0 Å². The van der Waals surface area contributed by atoms with E-state index in [1.807, 2.05) is 4.90 Å². The van der Waals surface area contributed by atoms with Gasteiger partial charge in [0.05, 0.1) is 12.2 Å². The summed E-state index contributed by atoms with van der Waals surface area (Å²) in [7, 11) is 0. The third kappa shape index (κ3) is 4.46. The monoisotopic (exact) mass is 360 g/mol. The highest BCUT2D eigenvalue weighted by Crippen LogP contribution is 2.22. The lowest BCUT2D eigenvalue weighted by molar-refractivity contribution is 0.101. The Kier molecular flexibility index (Phi) is 5.66. The molecule has 0 N–H and O–H groups in total. The summed E-state index contributed by atoms with van der Waals surface area (Å²) in [6.45, 7) is 9.30. The molecule has 140 valence electrons. The lowest BCUT2D eigenvalue weighted by Gasteiger charge is -2.35. The molecule has 6 nitrogen and oxygen atoms in total. The first-order chi connectivity index (χ1) is 12.4. The molecule has 1 fully saturated rings. The quantitative estimate of drug-likeness (QED) is 0.738. The molecule has 2 heterocycles. The van der Waals surface area contributed by atoms with Gasteiger partial charge in [-0.3, -0.25) is 9.69 Å². The van der Waals surface area contributed by atoms with Crippen molar-refractivity contribution in [2.45, 2.75) is 33.7 Å². The van der Waals surface area contributed by atoms with Crippen molar-refractivity contribution >= 4 is 11.5 Å². The van der Waals surface area contributed by atoms with Crippen LogP contribution in [-0.2, 0) is 13.0 Å². The zero-order chi connectivity index (χ0) is 18.7. The van der Waals surface area contributed by atoms with E-state index >= 15 is 0 Å². The number of hydrogen-bond donors (Lipinski definition) is 0. The van der Waals surface area contributed by atoms with Crippen molar-refractivity contribution in [3.63, 3.8) is 0 Å². The fourth-order valence-corrected chi connectivity index (χ4v) is 3.12. The zero-order valence-corrected chi connectivity index (χ0v) is 15.5. The summed E-state index contributed by atoms with van der Waals surface area (Å²) in [6.07, 6.45) is 0.812. The SMILES string of the molecule is CC(=O)c1ccc(N2CCN(Cc3nc(CC(C)C)no3)CC2)c(F)c1. The van der Waals surface area contributed by atoms with Crippen molar-refractivity contribution in [1.29, 1.82) is 0 Å². The molecule has 0 saturated carbocycles. The highest BCUT2D eigenvalue weighted by Gasteiger charge is 2.21. The average Bonchev–Trinajstić information content (AvgIpc) is 3.01. The number of benzene rings is 1. The van der Waals surface area contributed by atoms with Gasteiger partial charge in [-0.25, -0.2) is 4.39 Å². The molecular weight excluding hydrogens is 335 g/mol. The number of ketones is 1. The number of carbonyl (C=O) groups excluding carboxylic acids is 1. The maximum atomic E-state index is 14.3. The number of nitrogens with zero attached hydrogens (tertiary/aromatic N) is 4. The Balaban J connectivity index is 1.56. The lowest BCUT2D eigenvalue weighted by Crippen LogP contribution is -2.46. The van der Waals surface area contributed by atoms with Crippen LogP contribution in [0, 0.1) is 11.7 Å². The number of carbonyl (C=O) groups is 1. The predicted molar refractivity (Wildman–Crippen MR) is 96.7 cm³/mol. The fraction of sp³-hybridized carbons (Fsp3) is 0.526. The lowest BCUT2D eigenvalue weighted by atomic mass is 10.1. The highest BCUT2D eigenvalue weighted by molar-refractivity contribution is 5.94. The van der Waals surface area contributed by atoms with E-state index in [1.54, 1.807) is 12.1 Å². The largest absolute Gasteiger partial charge is 0.367 e. The summed E-state index contributed by atoms with van der Waals surface area (Å²) in [6, 6.07) is 4.69. The topological polar surface area (TPSA) is 62.5 Å². The second-order valence-electron chi connectivity index (χ2n) is 7.19. The van der Waals surface area contributed by atoms with Gasteiger partial charge in [-0.15, -0.1) is 0 Å². The second-order valence-corrected chi connectivity index (χ2v) is 7.19. The van der Waals surface area contributed by atoms with Crippen molar-refractivity contribution in [2.75, 3.05) is 31.1 Å². The smallest absolute Gasteiger partial charge is 0.240 e. The van der Waals surface area contributed by atoms with Crippen LogP contribution >= 0.6 is 0 Å². The van der Waals surface area contributed by atoms with E-state index in [2.05, 4.69) is 28.9 Å². The van der Waals surface area contributed by atoms with Gasteiger partial charge in [-0.1, -0.05) is 19.0 Å². The number of anilines is 1. The van der Waals surface area contributed by atoms with Gasteiger partial charge in [0.2, 0.25) is 5.89 Å². The Morgan fingerprint density at radius 2 is 2.00 bits per heavy atom. The molecule has 3 rings (SSSR count). The average molecular weight is 360 g/mol. The van der Waals surface area contributed by atoms with Gasteiger partial charge in [0.25, 0.3) is 0 Å². The van der Waals surface area contributed by atoms with Gasteiger partial charge in [-0.05, 0) is 31.0 Å². The molecule has 7 heteroatoms. The van der Waals surface area contributed by atoms with E-state index in [0.717, 1.165) is 25.3 Å². The standard InChI is InChI=1S/C19H25FN4O2/c1-13(2)10-18-21-19(26-22-18)12-23-6-8-24(9-7-23)17-5-4-15(14(3)25)11-16(17)20/h4-5,11,13H,6-10,12H2,1-3H3. The first-order valence-corrected chi connectivity index (χ1v) is 9.01. The zero-order valence-electron chi connectivity index (χ0n) is 15.5. The van der Waals surface area contributed by atoms with Gasteiger partial charge in [0.1, 0.15) is 5.82 Å². The number of Topliss-reactive ketones (excluding diaryl/α,β-unsaturated/α-hetero) is 1. The summed E-state index contributed by atoms with van der Waals surface area (Å²) in [5.74, 6) is 1.40. The summed E-state index contributed by atoms with van der Waals surface area (Å²) < 4.78 is 19.6. The molecule has 1 saturated heterocycles. The fourth-order valence-electron chi connectivity index (χ4n) is 3.12. The first kappa shape index (κ1) is 18.5. The number of halogens is 1. The molecule has 0 bridgehead atoms. The molecule has 1 aliphatic heterocycles. The van der Waals surface area contributed by atoms with E-state index in [0.29, 0.717) is 42.7 Å². The minimum atomic E-state index is -0.346. The van der Waals surface area contributed by atoms with E-state index in [1.165, 1.54) is 13.0 Å². The van der Waals surface area contributed by atoms with Gasteiger partial charge >= 0.3 is 0 Å². The van der Waals surface area contributed by atoms with Crippen molar-refractivity contribution < 1.29 is 13.7 Å². The molecule has 0 amide bonds. The number of hydrogen-bond acceptors (Lipinski definition) is 6. The summed E-state index contributed by atoms with van der Waals surface area (Å²) in [4.78, 5) is 20.0. The predicted octanol–water partition coefficient (Wildman–Crippen LogP) is 2.93. The minimum Gasteiger partial charge on any atom is -0.367 e. The van der Waals surface area contributed by atoms with Crippen LogP contribution in [0.2, 0.25) is 0 Å². The van der Waals surface area contributed by atoms with Crippen LogP contribution in [0.15, 0.2) is 22.7 Å². The number of rotatable bonds is 6. The van der Waals surface area contributed by atoms with Crippen molar-refractivity contribution in [1.82, 2.24) is 15.0 Å². The van der Waals surface area contributed by atoms with E-state index < -0.39 is 0 Å². The van der Waals surface area contributed by atoms with E-state index in [-0.39, 0.29) is 11.6 Å². The first-order valence-electron chi connectivity index (χ1n) is 9.01. The molecule has 1 aliphatic rings. The van der Waals surface area contributed by atoms with Crippen LogP contribution in [-0.4, -0.2) is 47.0 Å². The summed E-state index contributed by atoms with van der Waals surface area (Å²) in [5.41, 5.74) is 0.949. The summed E-state index contributed by atoms with van der Waals surface area (Å²) in [5, 5.41) is 4.02. The second kappa shape index (κ2) is 7.95. The van der Waals surface area contributed by atoms with Crippen LogP contribution in [0.4, 0.5) is 10.1 Å². The Hall–Kier alpha value is -2.28. The van der Waals surface area contributed by atoms with Crippen LogP contribution in [0.1, 0.15) is 42.8 Å². The third-order valence-electron chi connectivity index (χ3n) is 4.53. The Morgan fingerprint density at radius 3 is 2.62 bits per heavy atom. The van der Waals surface area contributed by atoms with Gasteiger partial charge in [0, 0.05) is 38.2 Å². The Bertz CT molecular complexity index is 767. The van der Waals surface area contributed by atoms with Crippen molar-refractivity contribution in [3.8, 4) is 0 Å². The number of piperazine rings is 1. The molecule has 26 heavy (non-hydrogen) atoms. The molecule has 1 aromatic carbocycles. The van der Waals surface area contributed by atoms with Gasteiger partial charge in [-0.2, -0.15) is 4.98 Å². The van der Waals surface area contributed by atoms with E-state index in [9.17, 15) is 9.18 Å². The Labute approximate surface area is 153 Å². The van der Waals surface area contributed by atoms with E-state index in [4.69, 9.17) is 4.52 Å². The van der Waals surface area contributed by atoms with Crippen LogP contribution in [0.25, 0.3) is 0 Å². The maximum absolute atomic E-state index is 14.3. The normalized spacial score (nSPS) is 15.7. The molecule has 0 radical (unpaired) electrons. The molecule has 0 aliphatic carbocycles. The minimum absolute atomic E-state index is 0.128. The molecule has 0 atom stereocenters. The molecule has 2 aromatic rings. The molecule has 0 spiro atoms. The maximum Gasteiger partial charge on any atom is 0.240 e. The number of aromatic nitrogens is 2. The molecular formula is C19H25FN4O2. The highest BCUT2D eigenvalue weighted by atomic mass is 19.1. The van der Waals surface area contributed by atoms with Gasteiger partial charge in [0.15, 0.2) is 11.6 Å². The van der Waals surface area contributed by atoms with Crippen LogP contribution < -0.4 is 4.90 Å². The summed E-state index contributed by atoms with van der Waals surface area (Å²) >= 11 is 0. The van der Waals surface area contributed by atoms with Crippen molar-refractivity contribution in [3.05, 3.63) is 41.3 Å². The van der Waals surface area contributed by atoms with Crippen LogP contribution in [0.3, 0.4) is 0 Å². The van der Waals surface area contributed by atoms with Gasteiger partial charge < -0.3 is 9.42 Å². The molecule has 1 aromatic heterocycles. The third-order valence-corrected chi connectivity index (χ3v) is 4.53.